The molecule has 0 aliphatic carbocycles. The first-order valence-electron chi connectivity index (χ1n) is 9.67. The van der Waals surface area contributed by atoms with Crippen LogP contribution in [0.4, 0.5) is 5.69 Å². The lowest BCUT2D eigenvalue weighted by molar-refractivity contribution is 0.0361. The maximum absolute atomic E-state index is 13.2. The van der Waals surface area contributed by atoms with Crippen molar-refractivity contribution in [2.24, 2.45) is 0 Å². The van der Waals surface area contributed by atoms with Crippen molar-refractivity contribution in [3.63, 3.8) is 0 Å². The topological polar surface area (TPSA) is 68.6 Å². The number of anilines is 1. The van der Waals surface area contributed by atoms with Crippen molar-refractivity contribution in [3.05, 3.63) is 51.0 Å². The van der Waals surface area contributed by atoms with E-state index in [1.807, 2.05) is 41.1 Å². The number of para-hydroxylation sites is 2. The van der Waals surface area contributed by atoms with Gasteiger partial charge >= 0.3 is 0 Å². The third kappa shape index (κ3) is 4.39. The largest absolute Gasteiger partial charge is 0.494 e. The summed E-state index contributed by atoms with van der Waals surface area (Å²) in [4.78, 5) is 15.5. The molecule has 1 aromatic heterocycles. The summed E-state index contributed by atoms with van der Waals surface area (Å²) in [6, 6.07) is 11.3. The van der Waals surface area contributed by atoms with Crippen molar-refractivity contribution in [3.8, 4) is 5.75 Å². The summed E-state index contributed by atoms with van der Waals surface area (Å²) in [6.45, 7) is 4.78. The van der Waals surface area contributed by atoms with Crippen LogP contribution in [0.2, 0.25) is 0 Å². The van der Waals surface area contributed by atoms with Gasteiger partial charge in [-0.1, -0.05) is 18.2 Å². The predicted molar refractivity (Wildman–Crippen MR) is 123 cm³/mol. The highest BCUT2D eigenvalue weighted by molar-refractivity contribution is 9.11. The summed E-state index contributed by atoms with van der Waals surface area (Å²) in [5.74, 6) is 0.425. The number of aromatic nitrogens is 2. The third-order valence-electron chi connectivity index (χ3n) is 5.10. The first-order valence-corrected chi connectivity index (χ1v) is 11.3. The lowest BCUT2D eigenvalue weighted by Crippen LogP contribution is -2.38. The monoisotopic (exact) mass is 536 g/mol. The number of morpholine rings is 1. The van der Waals surface area contributed by atoms with Crippen LogP contribution in [0, 0.1) is 0 Å². The van der Waals surface area contributed by atoms with Crippen molar-refractivity contribution in [1.29, 1.82) is 0 Å². The fourth-order valence-corrected chi connectivity index (χ4v) is 4.75. The van der Waals surface area contributed by atoms with Crippen molar-refractivity contribution in [2.75, 3.05) is 45.3 Å². The number of methoxy groups -OCH3 is 1. The van der Waals surface area contributed by atoms with Crippen LogP contribution < -0.4 is 10.1 Å². The Kier molecular flexibility index (Phi) is 6.72. The minimum atomic E-state index is -0.272. The second-order valence-electron chi connectivity index (χ2n) is 6.93. The molecule has 3 aromatic rings. The van der Waals surface area contributed by atoms with Crippen molar-refractivity contribution in [1.82, 2.24) is 14.7 Å². The summed E-state index contributed by atoms with van der Waals surface area (Å²) in [7, 11) is 1.63. The molecule has 2 aromatic carbocycles. The van der Waals surface area contributed by atoms with E-state index in [1.54, 1.807) is 7.11 Å². The minimum Gasteiger partial charge on any atom is -0.494 e. The molecule has 2 heterocycles. The van der Waals surface area contributed by atoms with Gasteiger partial charge in [0.25, 0.3) is 5.91 Å². The van der Waals surface area contributed by atoms with Crippen LogP contribution in [0.15, 0.2) is 45.3 Å². The molecule has 1 N–H and O–H groups in total. The molecule has 0 saturated carbocycles. The van der Waals surface area contributed by atoms with Gasteiger partial charge in [0.1, 0.15) is 11.3 Å². The van der Waals surface area contributed by atoms with E-state index in [0.29, 0.717) is 23.7 Å². The number of carbonyl (C=O) groups excluding carboxylic acids is 1. The molecular weight excluding hydrogens is 516 g/mol. The number of nitrogens with one attached hydrogen (secondary N) is 1. The molecule has 0 spiro atoms. The number of nitrogens with zero attached hydrogens (tertiary/aromatic N) is 3. The highest BCUT2D eigenvalue weighted by Gasteiger charge is 2.22. The van der Waals surface area contributed by atoms with Crippen molar-refractivity contribution in [2.45, 2.75) is 6.54 Å². The zero-order chi connectivity index (χ0) is 21.1. The van der Waals surface area contributed by atoms with Crippen molar-refractivity contribution >= 4 is 54.4 Å². The molecule has 158 valence electrons. The van der Waals surface area contributed by atoms with Gasteiger partial charge < -0.3 is 14.8 Å². The van der Waals surface area contributed by atoms with Gasteiger partial charge in [-0.05, 0) is 50.1 Å². The van der Waals surface area contributed by atoms with Gasteiger partial charge in [0.05, 0.1) is 32.6 Å². The maximum atomic E-state index is 13.2. The van der Waals surface area contributed by atoms with Crippen molar-refractivity contribution < 1.29 is 14.3 Å². The van der Waals surface area contributed by atoms with E-state index in [4.69, 9.17) is 9.47 Å². The fraction of sp³-hybridized carbons (Fsp3) is 0.333. The first kappa shape index (κ1) is 21.3. The van der Waals surface area contributed by atoms with E-state index in [2.05, 4.69) is 47.2 Å². The van der Waals surface area contributed by atoms with E-state index >= 15 is 0 Å². The standard InChI is InChI=1S/C21H22Br2N4O3/c1-29-17-7-2-4-14-18(21(28)24-19-15(22)5-3-6-16(19)23)25-27(20(14)17)9-8-26-10-12-30-13-11-26/h2-7H,8-13H2,1H3,(H,24,28). The predicted octanol–water partition coefficient (Wildman–Crippen LogP) is 4.15. The smallest absolute Gasteiger partial charge is 0.276 e. The quantitative estimate of drug-likeness (QED) is 0.511. The molecule has 7 nitrogen and oxygen atoms in total. The van der Waals surface area contributed by atoms with E-state index in [1.165, 1.54) is 0 Å². The second-order valence-corrected chi connectivity index (χ2v) is 8.64. The van der Waals surface area contributed by atoms with Gasteiger partial charge in [-0.2, -0.15) is 5.10 Å². The van der Waals surface area contributed by atoms with Crippen LogP contribution in [-0.2, 0) is 11.3 Å². The summed E-state index contributed by atoms with van der Waals surface area (Å²) in [5.41, 5.74) is 1.86. The van der Waals surface area contributed by atoms with E-state index in [0.717, 1.165) is 52.7 Å². The first-order chi connectivity index (χ1) is 14.6. The third-order valence-corrected chi connectivity index (χ3v) is 6.42. The summed E-state index contributed by atoms with van der Waals surface area (Å²) in [5, 5.41) is 8.40. The summed E-state index contributed by atoms with van der Waals surface area (Å²) in [6.07, 6.45) is 0. The molecule has 1 amide bonds. The Hall–Kier alpha value is -1.94. The van der Waals surface area contributed by atoms with Gasteiger partial charge in [0.15, 0.2) is 5.69 Å². The number of halogens is 2. The normalized spacial score (nSPS) is 14.8. The summed E-state index contributed by atoms with van der Waals surface area (Å²) < 4.78 is 14.4. The SMILES string of the molecule is COc1cccc2c(C(=O)Nc3c(Br)cccc3Br)nn(CCN3CCOCC3)c12. The van der Waals surface area contributed by atoms with E-state index in [9.17, 15) is 4.79 Å². The molecule has 0 unspecified atom stereocenters. The van der Waals surface area contributed by atoms with E-state index in [-0.39, 0.29) is 5.91 Å². The Balaban J connectivity index is 1.66. The summed E-state index contributed by atoms with van der Waals surface area (Å²) >= 11 is 6.98. The number of rotatable bonds is 6. The molecule has 1 saturated heterocycles. The molecule has 1 aliphatic rings. The molecule has 1 fully saturated rings. The Labute approximate surface area is 191 Å². The average Bonchev–Trinajstić information content (AvgIpc) is 3.14. The fourth-order valence-electron chi connectivity index (χ4n) is 3.55. The number of benzene rings is 2. The van der Waals surface area contributed by atoms with Crippen LogP contribution in [0.3, 0.4) is 0 Å². The molecule has 0 bridgehead atoms. The maximum Gasteiger partial charge on any atom is 0.276 e. The zero-order valence-electron chi connectivity index (χ0n) is 16.5. The lowest BCUT2D eigenvalue weighted by Gasteiger charge is -2.26. The average molecular weight is 538 g/mol. The van der Waals surface area contributed by atoms with E-state index < -0.39 is 0 Å². The highest BCUT2D eigenvalue weighted by atomic mass is 79.9. The van der Waals surface area contributed by atoms with Crippen LogP contribution in [0.25, 0.3) is 10.9 Å². The molecular formula is C21H22Br2N4O3. The molecule has 4 rings (SSSR count). The Morgan fingerprint density at radius 3 is 2.53 bits per heavy atom. The molecule has 0 radical (unpaired) electrons. The zero-order valence-corrected chi connectivity index (χ0v) is 19.7. The molecule has 0 atom stereocenters. The van der Waals surface area contributed by atoms with Crippen LogP contribution in [0.1, 0.15) is 10.5 Å². The molecule has 9 heteroatoms. The Morgan fingerprint density at radius 2 is 1.83 bits per heavy atom. The highest BCUT2D eigenvalue weighted by Crippen LogP contribution is 2.32. The van der Waals surface area contributed by atoms with Gasteiger partial charge in [0.2, 0.25) is 0 Å². The second kappa shape index (κ2) is 9.47. The van der Waals surface area contributed by atoms with Gasteiger partial charge in [-0.15, -0.1) is 0 Å². The van der Waals surface area contributed by atoms with Gasteiger partial charge in [-0.25, -0.2) is 0 Å². The van der Waals surface area contributed by atoms with Crippen LogP contribution >= 0.6 is 31.9 Å². The van der Waals surface area contributed by atoms with Gasteiger partial charge in [0, 0.05) is 34.0 Å². The number of fused-ring (bicyclic) bond motifs is 1. The number of ether oxygens (including phenoxy) is 2. The Morgan fingerprint density at radius 1 is 1.13 bits per heavy atom. The van der Waals surface area contributed by atoms with Crippen LogP contribution in [0.5, 0.6) is 5.75 Å². The van der Waals surface area contributed by atoms with Gasteiger partial charge in [-0.3, -0.25) is 14.4 Å². The lowest BCUT2D eigenvalue weighted by atomic mass is 10.2. The number of hydrogen-bond acceptors (Lipinski definition) is 5. The number of amides is 1. The Bertz CT molecular complexity index is 1040. The minimum absolute atomic E-state index is 0.272. The molecule has 1 aliphatic heterocycles. The number of hydrogen-bond donors (Lipinski definition) is 1. The molecule has 30 heavy (non-hydrogen) atoms. The number of carbonyl (C=O) groups is 1. The van der Waals surface area contributed by atoms with Crippen LogP contribution in [-0.4, -0.2) is 60.5 Å².